The molecule has 0 aliphatic carbocycles. The number of hydrogen-bond donors (Lipinski definition) is 2. The summed E-state index contributed by atoms with van der Waals surface area (Å²) in [5.41, 5.74) is 0.841. The van der Waals surface area contributed by atoms with Gasteiger partial charge in [0.2, 0.25) is 0 Å². The van der Waals surface area contributed by atoms with Gasteiger partial charge in [0.05, 0.1) is 13.2 Å². The summed E-state index contributed by atoms with van der Waals surface area (Å²) in [5, 5.41) is 2.97. The predicted octanol–water partition coefficient (Wildman–Crippen LogP) is 2.45. The monoisotopic (exact) mass is 407 g/mol. The molecule has 0 atom stereocenters. The lowest BCUT2D eigenvalue weighted by molar-refractivity contribution is -0.899. The van der Waals surface area contributed by atoms with Gasteiger partial charge < -0.3 is 15.0 Å². The molecule has 0 spiro atoms. The molecule has 0 saturated carbocycles. The standard InChI is InChI=1S/C18H19BrN2O2S/c19-14-1-5-16(6-2-14)24-17-7-3-15(4-8-17)20-18(22)13-21-9-11-23-12-10-21/h1-8H,9-13H2,(H,20,22)/p+1. The average molecular weight is 408 g/mol. The van der Waals surface area contributed by atoms with E-state index in [1.807, 2.05) is 36.4 Å². The van der Waals surface area contributed by atoms with Crippen molar-refractivity contribution in [3.63, 3.8) is 0 Å². The minimum Gasteiger partial charge on any atom is -0.370 e. The molecule has 2 N–H and O–H groups in total. The molecule has 126 valence electrons. The Balaban J connectivity index is 1.52. The highest BCUT2D eigenvalue weighted by atomic mass is 79.9. The molecule has 1 aliphatic heterocycles. The SMILES string of the molecule is O=C(C[NH+]1CCOCC1)Nc1ccc(Sc2ccc(Br)cc2)cc1. The number of carbonyl (C=O) groups excluding carboxylic acids is 1. The summed E-state index contributed by atoms with van der Waals surface area (Å²) in [5.74, 6) is 0.0558. The van der Waals surface area contributed by atoms with Crippen LogP contribution in [0.3, 0.4) is 0 Å². The molecule has 0 unspecified atom stereocenters. The van der Waals surface area contributed by atoms with Crippen molar-refractivity contribution in [3.8, 4) is 0 Å². The number of morpholine rings is 1. The maximum Gasteiger partial charge on any atom is 0.279 e. The first-order valence-corrected chi connectivity index (χ1v) is 9.55. The van der Waals surface area contributed by atoms with Crippen LogP contribution in [-0.4, -0.2) is 38.8 Å². The third-order valence-corrected chi connectivity index (χ3v) is 5.34. The van der Waals surface area contributed by atoms with Gasteiger partial charge in [-0.25, -0.2) is 0 Å². The Morgan fingerprint density at radius 1 is 1.04 bits per heavy atom. The zero-order valence-electron chi connectivity index (χ0n) is 13.3. The number of carbonyl (C=O) groups is 1. The van der Waals surface area contributed by atoms with Crippen LogP contribution in [0.4, 0.5) is 5.69 Å². The van der Waals surface area contributed by atoms with Crippen LogP contribution in [0.1, 0.15) is 0 Å². The Morgan fingerprint density at radius 3 is 2.25 bits per heavy atom. The smallest absolute Gasteiger partial charge is 0.279 e. The summed E-state index contributed by atoms with van der Waals surface area (Å²) in [7, 11) is 0. The number of hydrogen-bond acceptors (Lipinski definition) is 3. The van der Waals surface area contributed by atoms with Crippen molar-refractivity contribution in [2.24, 2.45) is 0 Å². The summed E-state index contributed by atoms with van der Waals surface area (Å²) in [6.07, 6.45) is 0. The summed E-state index contributed by atoms with van der Waals surface area (Å²) in [6, 6.07) is 16.2. The van der Waals surface area contributed by atoms with Gasteiger partial charge in [0.25, 0.3) is 5.91 Å². The van der Waals surface area contributed by atoms with E-state index in [2.05, 4.69) is 33.4 Å². The van der Waals surface area contributed by atoms with Gasteiger partial charge in [-0.3, -0.25) is 4.79 Å². The van der Waals surface area contributed by atoms with Crippen molar-refractivity contribution in [1.82, 2.24) is 0 Å². The van der Waals surface area contributed by atoms with Gasteiger partial charge in [-0.15, -0.1) is 0 Å². The fourth-order valence-corrected chi connectivity index (χ4v) is 3.59. The van der Waals surface area contributed by atoms with E-state index in [1.165, 1.54) is 9.80 Å². The van der Waals surface area contributed by atoms with Crippen molar-refractivity contribution < 1.29 is 14.4 Å². The van der Waals surface area contributed by atoms with Crippen molar-refractivity contribution in [2.45, 2.75) is 9.79 Å². The van der Waals surface area contributed by atoms with Gasteiger partial charge in [0.15, 0.2) is 6.54 Å². The first kappa shape index (κ1) is 17.5. The van der Waals surface area contributed by atoms with Gasteiger partial charge >= 0.3 is 0 Å². The quantitative estimate of drug-likeness (QED) is 0.799. The first-order valence-electron chi connectivity index (χ1n) is 7.94. The van der Waals surface area contributed by atoms with Gasteiger partial charge in [0.1, 0.15) is 13.1 Å². The van der Waals surface area contributed by atoms with Crippen LogP contribution in [0.15, 0.2) is 62.8 Å². The third-order valence-electron chi connectivity index (χ3n) is 3.80. The summed E-state index contributed by atoms with van der Waals surface area (Å²) in [4.78, 5) is 15.7. The van der Waals surface area contributed by atoms with Crippen LogP contribution in [0.5, 0.6) is 0 Å². The van der Waals surface area contributed by atoms with E-state index in [4.69, 9.17) is 4.74 Å². The number of ether oxygens (including phenoxy) is 1. The molecule has 1 heterocycles. The van der Waals surface area contributed by atoms with Crippen LogP contribution in [-0.2, 0) is 9.53 Å². The molecule has 4 nitrogen and oxygen atoms in total. The van der Waals surface area contributed by atoms with Gasteiger partial charge in [-0.1, -0.05) is 27.7 Å². The highest BCUT2D eigenvalue weighted by Gasteiger charge is 2.17. The van der Waals surface area contributed by atoms with Gasteiger partial charge in [-0.05, 0) is 48.5 Å². The second-order valence-electron chi connectivity index (χ2n) is 5.67. The Kier molecular flexibility index (Phi) is 6.31. The van der Waals surface area contributed by atoms with E-state index >= 15 is 0 Å². The Morgan fingerprint density at radius 2 is 1.62 bits per heavy atom. The second-order valence-corrected chi connectivity index (χ2v) is 7.73. The second kappa shape index (κ2) is 8.67. The number of anilines is 1. The number of nitrogens with one attached hydrogen (secondary N) is 2. The third kappa shape index (κ3) is 5.34. The van der Waals surface area contributed by atoms with E-state index < -0.39 is 0 Å². The van der Waals surface area contributed by atoms with Crippen molar-refractivity contribution in [1.29, 1.82) is 0 Å². The molecule has 3 rings (SSSR count). The molecule has 1 fully saturated rings. The lowest BCUT2D eigenvalue weighted by atomic mass is 10.3. The van der Waals surface area contributed by atoms with E-state index in [-0.39, 0.29) is 5.91 Å². The van der Waals surface area contributed by atoms with Crippen molar-refractivity contribution in [3.05, 3.63) is 53.0 Å². The van der Waals surface area contributed by atoms with Crippen LogP contribution < -0.4 is 10.2 Å². The topological polar surface area (TPSA) is 42.8 Å². The van der Waals surface area contributed by atoms with E-state index in [0.717, 1.165) is 41.4 Å². The molecule has 1 saturated heterocycles. The first-order chi connectivity index (χ1) is 11.7. The predicted molar refractivity (Wildman–Crippen MR) is 99.7 cm³/mol. The molecule has 6 heteroatoms. The molecule has 2 aromatic rings. The molecule has 0 bridgehead atoms. The van der Waals surface area contributed by atoms with Crippen LogP contribution in [0.2, 0.25) is 0 Å². The Hall–Kier alpha value is -1.34. The molecular weight excluding hydrogens is 388 g/mol. The highest BCUT2D eigenvalue weighted by Crippen LogP contribution is 2.29. The maximum atomic E-state index is 12.1. The molecule has 1 aliphatic rings. The van der Waals surface area contributed by atoms with Crippen LogP contribution >= 0.6 is 27.7 Å². The molecule has 0 aromatic heterocycles. The minimum absolute atomic E-state index is 0.0558. The van der Waals surface area contributed by atoms with E-state index in [0.29, 0.717) is 6.54 Å². The van der Waals surface area contributed by atoms with Crippen molar-refractivity contribution in [2.75, 3.05) is 38.2 Å². The fourth-order valence-electron chi connectivity index (χ4n) is 2.51. The molecule has 0 radical (unpaired) electrons. The fraction of sp³-hybridized carbons (Fsp3) is 0.278. The van der Waals surface area contributed by atoms with Crippen LogP contribution in [0, 0.1) is 0 Å². The average Bonchev–Trinajstić information content (AvgIpc) is 2.59. The minimum atomic E-state index is 0.0558. The van der Waals surface area contributed by atoms with Crippen LogP contribution in [0.25, 0.3) is 0 Å². The van der Waals surface area contributed by atoms with Crippen molar-refractivity contribution >= 4 is 39.3 Å². The number of rotatable bonds is 5. The summed E-state index contributed by atoms with van der Waals surface area (Å²) in [6.45, 7) is 3.78. The molecule has 1 amide bonds. The van der Waals surface area contributed by atoms with E-state index in [1.54, 1.807) is 11.8 Å². The molecule has 24 heavy (non-hydrogen) atoms. The summed E-state index contributed by atoms with van der Waals surface area (Å²) < 4.78 is 6.39. The van der Waals surface area contributed by atoms with Gasteiger partial charge in [0, 0.05) is 20.0 Å². The Labute approximate surface area is 154 Å². The maximum absolute atomic E-state index is 12.1. The zero-order chi connectivity index (χ0) is 16.8. The highest BCUT2D eigenvalue weighted by molar-refractivity contribution is 9.10. The normalized spacial score (nSPS) is 15.2. The van der Waals surface area contributed by atoms with E-state index in [9.17, 15) is 4.79 Å². The summed E-state index contributed by atoms with van der Waals surface area (Å²) >= 11 is 5.14. The molecular formula is C18H20BrN2O2S+. The number of quaternary nitrogens is 1. The zero-order valence-corrected chi connectivity index (χ0v) is 15.7. The number of benzene rings is 2. The Bertz CT molecular complexity index is 670. The number of halogens is 1. The largest absolute Gasteiger partial charge is 0.370 e. The van der Waals surface area contributed by atoms with Gasteiger partial charge in [-0.2, -0.15) is 0 Å². The lowest BCUT2D eigenvalue weighted by Gasteiger charge is -2.23. The lowest BCUT2D eigenvalue weighted by Crippen LogP contribution is -3.15. The number of amides is 1. The molecule has 2 aromatic carbocycles.